The maximum atomic E-state index is 14.7. The van der Waals surface area contributed by atoms with E-state index in [-0.39, 0.29) is 70.1 Å². The third-order valence-electron chi connectivity index (χ3n) is 12.2. The first-order valence-corrected chi connectivity index (χ1v) is 21.5. The first-order valence-electron chi connectivity index (χ1n) is 21.5. The summed E-state index contributed by atoms with van der Waals surface area (Å²) in [6.07, 6.45) is 4.82. The lowest BCUT2D eigenvalue weighted by Gasteiger charge is -2.37. The number of H-pyrrole nitrogens is 1. The Morgan fingerprint density at radius 1 is 0.733 bits per heavy atom. The van der Waals surface area contributed by atoms with Crippen LogP contribution in [0.3, 0.4) is 0 Å². The van der Waals surface area contributed by atoms with Crippen molar-refractivity contribution in [2.75, 3.05) is 5.32 Å². The summed E-state index contributed by atoms with van der Waals surface area (Å²) in [7, 11) is 0. The van der Waals surface area contributed by atoms with Crippen molar-refractivity contribution in [2.24, 2.45) is 45.9 Å². The highest BCUT2D eigenvalue weighted by atomic mass is 16.5. The molecule has 4 unspecified atom stereocenters. The molecule has 2 aromatic carbocycles. The molecule has 2 fully saturated rings. The van der Waals surface area contributed by atoms with Gasteiger partial charge in [0.1, 0.15) is 35.0 Å². The van der Waals surface area contributed by atoms with Gasteiger partial charge in [-0.1, -0.05) is 130 Å². The van der Waals surface area contributed by atoms with Crippen LogP contribution in [0.2, 0.25) is 0 Å². The number of aliphatic imine (C=N–C) groups is 1. The summed E-state index contributed by atoms with van der Waals surface area (Å²) >= 11 is 0. The first kappa shape index (κ1) is 44.1. The number of rotatable bonds is 9. The van der Waals surface area contributed by atoms with Crippen LogP contribution in [0, 0.1) is 40.9 Å². The molecule has 0 spiro atoms. The summed E-state index contributed by atoms with van der Waals surface area (Å²) in [6, 6.07) is 18.8. The minimum Gasteiger partial charge on any atom is -0.458 e. The van der Waals surface area contributed by atoms with E-state index < -0.39 is 23.3 Å². The van der Waals surface area contributed by atoms with Gasteiger partial charge in [-0.15, -0.1) is 0 Å². The Hall–Kier alpha value is -5.51. The van der Waals surface area contributed by atoms with Crippen LogP contribution in [-0.4, -0.2) is 46.8 Å². The number of amidine groups is 1. The van der Waals surface area contributed by atoms with Crippen molar-refractivity contribution in [1.82, 2.24) is 10.3 Å². The van der Waals surface area contributed by atoms with Gasteiger partial charge in [0.2, 0.25) is 5.91 Å². The molecule has 2 amide bonds. The second kappa shape index (κ2) is 18.0. The summed E-state index contributed by atoms with van der Waals surface area (Å²) in [5, 5.41) is 5.86. The van der Waals surface area contributed by atoms with Crippen LogP contribution in [0.4, 0.5) is 5.82 Å². The number of hydrogen-bond acceptors (Lipinski definition) is 7. The molecule has 318 valence electrons. The monoisotopic (exact) mass is 814 g/mol. The molecule has 0 bridgehead atoms. The Labute approximate surface area is 355 Å². The summed E-state index contributed by atoms with van der Waals surface area (Å²) in [4.78, 5) is 64.7. The van der Waals surface area contributed by atoms with Gasteiger partial charge in [-0.25, -0.2) is 14.6 Å². The topological polar surface area (TPSA) is 139 Å². The predicted octanol–water partition coefficient (Wildman–Crippen LogP) is 10.4. The van der Waals surface area contributed by atoms with Gasteiger partial charge >= 0.3 is 11.9 Å². The largest absolute Gasteiger partial charge is 0.458 e. The number of amides is 2. The fourth-order valence-electron chi connectivity index (χ4n) is 9.47. The molecule has 2 heterocycles. The summed E-state index contributed by atoms with van der Waals surface area (Å²) in [6.45, 7) is 23.7. The summed E-state index contributed by atoms with van der Waals surface area (Å²) < 4.78 is 12.8. The van der Waals surface area contributed by atoms with Gasteiger partial charge in [-0.3, -0.25) is 9.59 Å². The number of ether oxygens (including phenoxy) is 2. The van der Waals surface area contributed by atoms with E-state index in [2.05, 4.69) is 63.7 Å². The Kier molecular flexibility index (Phi) is 13.2. The fraction of sp³-hybridized carbons (Fsp3) is 0.460. The van der Waals surface area contributed by atoms with Crippen molar-refractivity contribution >= 4 is 47.1 Å². The van der Waals surface area contributed by atoms with Crippen molar-refractivity contribution in [3.63, 3.8) is 0 Å². The molecule has 10 nitrogen and oxygen atoms in total. The van der Waals surface area contributed by atoms with Crippen LogP contribution < -0.4 is 10.6 Å². The van der Waals surface area contributed by atoms with E-state index in [1.54, 1.807) is 33.8 Å². The van der Waals surface area contributed by atoms with E-state index >= 15 is 0 Å². The average Bonchev–Trinajstić information content (AvgIpc) is 3.71. The molecule has 2 aliphatic carbocycles. The lowest BCUT2D eigenvalue weighted by Crippen LogP contribution is -2.40. The molecule has 60 heavy (non-hydrogen) atoms. The van der Waals surface area contributed by atoms with Crippen LogP contribution in [-0.2, 0) is 23.9 Å². The van der Waals surface area contributed by atoms with Gasteiger partial charge in [0.05, 0.1) is 11.4 Å². The van der Waals surface area contributed by atoms with Gasteiger partial charge in [-0.2, -0.15) is 0 Å². The van der Waals surface area contributed by atoms with E-state index in [4.69, 9.17) is 14.5 Å². The Bertz CT molecular complexity index is 2200. The standard InChI is InChI=1S/C50H62N4O6/c1-27(2)46(55)53-44-40(47(56)59-42-30(5)22-28(3)23-31(42)6)38(34-18-14-12-15-19-34)36(51-44)26-37-39(35-20-16-13-17-21-35)41(45(52-37)54-49(58)50(9,10)11)48(57)60-43-32(7)24-29(4)25-33(43)8/h12-21,26,28-33,42-43,52H,1,22-25H2,2-11H3,(H,54,58)(H,51,53,55). The number of hydrogen-bond donors (Lipinski definition) is 3. The number of aromatic nitrogens is 1. The molecule has 10 heteroatoms. The fourth-order valence-corrected chi connectivity index (χ4v) is 9.47. The van der Waals surface area contributed by atoms with E-state index in [0.717, 1.165) is 25.7 Å². The van der Waals surface area contributed by atoms with Gasteiger partial charge in [0.25, 0.3) is 5.91 Å². The van der Waals surface area contributed by atoms with Crippen molar-refractivity contribution in [1.29, 1.82) is 0 Å². The van der Waals surface area contributed by atoms with E-state index in [1.807, 2.05) is 60.7 Å². The lowest BCUT2D eigenvalue weighted by molar-refractivity contribution is -0.152. The number of esters is 2. The number of carbonyl (C=O) groups is 4. The predicted molar refractivity (Wildman–Crippen MR) is 239 cm³/mol. The van der Waals surface area contributed by atoms with Gasteiger partial charge in [0, 0.05) is 22.1 Å². The molecular weight excluding hydrogens is 753 g/mol. The first-order chi connectivity index (χ1) is 28.3. The number of carbonyl (C=O) groups excluding carboxylic acids is 4. The molecule has 2 saturated carbocycles. The minimum absolute atomic E-state index is 0.0331. The zero-order valence-corrected chi connectivity index (χ0v) is 36.9. The van der Waals surface area contributed by atoms with Crippen LogP contribution in [0.15, 0.2) is 89.1 Å². The van der Waals surface area contributed by atoms with Crippen molar-refractivity contribution < 1.29 is 28.7 Å². The zero-order chi connectivity index (χ0) is 43.6. The smallest absolute Gasteiger partial charge is 0.342 e. The zero-order valence-electron chi connectivity index (χ0n) is 36.9. The number of aromatic amines is 1. The molecule has 3 aliphatic rings. The van der Waals surface area contributed by atoms with E-state index in [9.17, 15) is 19.2 Å². The third-order valence-corrected chi connectivity index (χ3v) is 12.2. The highest BCUT2D eigenvalue weighted by Gasteiger charge is 2.40. The van der Waals surface area contributed by atoms with E-state index in [0.29, 0.717) is 45.5 Å². The van der Waals surface area contributed by atoms with Crippen molar-refractivity contribution in [3.05, 3.63) is 101 Å². The Balaban J connectivity index is 1.58. The van der Waals surface area contributed by atoms with Crippen molar-refractivity contribution in [3.8, 4) is 11.1 Å². The number of nitrogens with zero attached hydrogens (tertiary/aromatic N) is 1. The van der Waals surface area contributed by atoms with Gasteiger partial charge in [-0.05, 0) is 85.3 Å². The number of allylic oxidation sites excluding steroid dienone is 1. The number of nitrogens with one attached hydrogen (secondary N) is 3. The Morgan fingerprint density at radius 3 is 1.70 bits per heavy atom. The third kappa shape index (κ3) is 9.59. The molecule has 1 aromatic heterocycles. The molecule has 4 atom stereocenters. The SMILES string of the molecule is C=C(C)C(=O)NC1=NC(=Cc2[nH]c(NC(=O)C(C)(C)C)c(C(=O)OC3C(C)CC(C)CC3C)c2-c2ccccc2)C(c2ccccc2)=C1C(=O)OC1C(C)CC(C)CC1C. The summed E-state index contributed by atoms with van der Waals surface area (Å²) in [5.41, 5.74) is 2.80. The molecule has 0 saturated heterocycles. The van der Waals surface area contributed by atoms with Crippen LogP contribution in [0.25, 0.3) is 22.8 Å². The highest BCUT2D eigenvalue weighted by Crippen LogP contribution is 2.43. The molecule has 6 rings (SSSR count). The van der Waals surface area contributed by atoms with Crippen molar-refractivity contribution in [2.45, 2.75) is 107 Å². The molecule has 1 aliphatic heterocycles. The maximum absolute atomic E-state index is 14.7. The van der Waals surface area contributed by atoms with E-state index in [1.165, 1.54) is 0 Å². The average molecular weight is 815 g/mol. The van der Waals surface area contributed by atoms with Crippen LogP contribution in [0.1, 0.15) is 117 Å². The quantitative estimate of drug-likeness (QED) is 0.145. The number of benzene rings is 2. The number of anilines is 1. The molecular formula is C50H62N4O6. The maximum Gasteiger partial charge on any atom is 0.342 e. The van der Waals surface area contributed by atoms with Crippen LogP contribution >= 0.6 is 0 Å². The normalized spacial score (nSPS) is 26.3. The van der Waals surface area contributed by atoms with Crippen LogP contribution in [0.5, 0.6) is 0 Å². The lowest BCUT2D eigenvalue weighted by atomic mass is 9.75. The summed E-state index contributed by atoms with van der Waals surface area (Å²) in [5.74, 6) is -0.172. The second-order valence-corrected chi connectivity index (χ2v) is 18.9. The second-order valence-electron chi connectivity index (χ2n) is 18.9. The van der Waals surface area contributed by atoms with Gasteiger partial charge < -0.3 is 25.1 Å². The molecule has 3 N–H and O–H groups in total. The molecule has 3 aromatic rings. The molecule has 0 radical (unpaired) electrons. The Morgan fingerprint density at radius 2 is 1.22 bits per heavy atom. The minimum atomic E-state index is -0.795. The van der Waals surface area contributed by atoms with Gasteiger partial charge in [0.15, 0.2) is 0 Å². The highest BCUT2D eigenvalue weighted by molar-refractivity contribution is 6.32.